The first-order chi connectivity index (χ1) is 12.7. The Hall–Kier alpha value is -2.46. The second-order valence-corrected chi connectivity index (χ2v) is 6.79. The molecular formula is C22H25FN2O. The van der Waals surface area contributed by atoms with Gasteiger partial charge in [-0.2, -0.15) is 0 Å². The smallest absolute Gasteiger partial charge is 0.224 e. The molecule has 2 aromatic carbocycles. The Balaban J connectivity index is 1.77. The molecular weight excluding hydrogens is 327 g/mol. The standard InChI is InChI=1S/C22H25FN2O/c1-2-14-24-22(26)19-10-13-21(18-6-4-3-5-7-18)25(16-19)15-17-8-11-20(23)12-9-17/h2-9,11-12,19,21H,1,10,13-16H2,(H,24,26)/t19-,21+/m0/s1. The molecule has 26 heavy (non-hydrogen) atoms. The van der Waals surface area contributed by atoms with Crippen LogP contribution in [-0.4, -0.2) is 23.9 Å². The van der Waals surface area contributed by atoms with Gasteiger partial charge in [0.2, 0.25) is 5.91 Å². The van der Waals surface area contributed by atoms with Crippen LogP contribution in [0.5, 0.6) is 0 Å². The van der Waals surface area contributed by atoms with Gasteiger partial charge in [-0.3, -0.25) is 9.69 Å². The average Bonchev–Trinajstić information content (AvgIpc) is 2.68. The zero-order valence-electron chi connectivity index (χ0n) is 14.9. The molecule has 136 valence electrons. The molecule has 1 aliphatic heterocycles. The number of benzene rings is 2. The van der Waals surface area contributed by atoms with E-state index in [-0.39, 0.29) is 23.7 Å². The number of likely N-dealkylation sites (tertiary alicyclic amines) is 1. The molecule has 0 bridgehead atoms. The molecule has 1 aliphatic rings. The van der Waals surface area contributed by atoms with Crippen molar-refractivity contribution in [2.24, 2.45) is 5.92 Å². The van der Waals surface area contributed by atoms with Crippen molar-refractivity contribution in [2.75, 3.05) is 13.1 Å². The number of rotatable bonds is 6. The molecule has 0 aromatic heterocycles. The lowest BCUT2D eigenvalue weighted by molar-refractivity contribution is -0.127. The molecule has 1 saturated heterocycles. The molecule has 0 radical (unpaired) electrons. The molecule has 2 aromatic rings. The third kappa shape index (κ3) is 4.58. The number of hydrogen-bond acceptors (Lipinski definition) is 2. The summed E-state index contributed by atoms with van der Waals surface area (Å²) < 4.78 is 13.2. The van der Waals surface area contributed by atoms with Crippen LogP contribution in [0.4, 0.5) is 4.39 Å². The topological polar surface area (TPSA) is 32.3 Å². The average molecular weight is 352 g/mol. The van der Waals surface area contributed by atoms with Gasteiger partial charge in [0.1, 0.15) is 5.82 Å². The van der Waals surface area contributed by atoms with Gasteiger partial charge in [0.05, 0.1) is 5.92 Å². The lowest BCUT2D eigenvalue weighted by Gasteiger charge is -2.39. The number of carbonyl (C=O) groups is 1. The van der Waals surface area contributed by atoms with E-state index in [1.54, 1.807) is 6.08 Å². The van der Waals surface area contributed by atoms with Gasteiger partial charge in [0.15, 0.2) is 0 Å². The quantitative estimate of drug-likeness (QED) is 0.795. The lowest BCUT2D eigenvalue weighted by atomic mass is 9.88. The Labute approximate surface area is 154 Å². The van der Waals surface area contributed by atoms with Gasteiger partial charge < -0.3 is 5.32 Å². The minimum Gasteiger partial charge on any atom is -0.352 e. The Kier molecular flexibility index (Phi) is 6.18. The summed E-state index contributed by atoms with van der Waals surface area (Å²) in [6, 6.07) is 17.3. The second-order valence-electron chi connectivity index (χ2n) is 6.79. The summed E-state index contributed by atoms with van der Waals surface area (Å²) in [5, 5.41) is 2.92. The maximum absolute atomic E-state index is 13.2. The van der Waals surface area contributed by atoms with Gasteiger partial charge in [-0.15, -0.1) is 6.58 Å². The van der Waals surface area contributed by atoms with Gasteiger partial charge in [0, 0.05) is 25.7 Å². The number of amides is 1. The first-order valence-corrected chi connectivity index (χ1v) is 9.09. The van der Waals surface area contributed by atoms with Crippen LogP contribution in [0.2, 0.25) is 0 Å². The molecule has 0 unspecified atom stereocenters. The van der Waals surface area contributed by atoms with Gasteiger partial charge in [0.25, 0.3) is 0 Å². The summed E-state index contributed by atoms with van der Waals surface area (Å²) in [5.41, 5.74) is 2.32. The van der Waals surface area contributed by atoms with Gasteiger partial charge in [-0.05, 0) is 36.1 Å². The van der Waals surface area contributed by atoms with E-state index >= 15 is 0 Å². The Morgan fingerprint density at radius 2 is 1.88 bits per heavy atom. The van der Waals surface area contributed by atoms with Crippen molar-refractivity contribution in [1.29, 1.82) is 0 Å². The Morgan fingerprint density at radius 1 is 1.15 bits per heavy atom. The first-order valence-electron chi connectivity index (χ1n) is 9.09. The fourth-order valence-electron chi connectivity index (χ4n) is 3.63. The van der Waals surface area contributed by atoms with Crippen LogP contribution in [0.1, 0.15) is 30.0 Å². The Bertz CT molecular complexity index is 730. The third-order valence-electron chi connectivity index (χ3n) is 4.96. The maximum Gasteiger partial charge on any atom is 0.224 e. The molecule has 0 aliphatic carbocycles. The number of carbonyl (C=O) groups excluding carboxylic acids is 1. The molecule has 1 heterocycles. The molecule has 2 atom stereocenters. The van der Waals surface area contributed by atoms with E-state index < -0.39 is 0 Å². The van der Waals surface area contributed by atoms with Crippen LogP contribution >= 0.6 is 0 Å². The molecule has 1 fully saturated rings. The Morgan fingerprint density at radius 3 is 2.58 bits per heavy atom. The summed E-state index contributed by atoms with van der Waals surface area (Å²) in [6.45, 7) is 5.54. The number of piperidine rings is 1. The maximum atomic E-state index is 13.2. The number of hydrogen-bond donors (Lipinski definition) is 1. The van der Waals surface area contributed by atoms with Crippen LogP contribution in [0.3, 0.4) is 0 Å². The van der Waals surface area contributed by atoms with Crippen molar-refractivity contribution < 1.29 is 9.18 Å². The van der Waals surface area contributed by atoms with Crippen molar-refractivity contribution in [3.63, 3.8) is 0 Å². The first kappa shape index (κ1) is 18.3. The fraction of sp³-hybridized carbons (Fsp3) is 0.318. The van der Waals surface area contributed by atoms with Crippen molar-refractivity contribution in [2.45, 2.75) is 25.4 Å². The normalized spacial score (nSPS) is 20.5. The highest BCUT2D eigenvalue weighted by molar-refractivity contribution is 5.79. The van der Waals surface area contributed by atoms with Gasteiger partial charge in [-0.25, -0.2) is 4.39 Å². The van der Waals surface area contributed by atoms with E-state index in [2.05, 4.69) is 28.9 Å². The molecule has 1 N–H and O–H groups in total. The summed E-state index contributed by atoms with van der Waals surface area (Å²) in [4.78, 5) is 14.7. The second kappa shape index (κ2) is 8.77. The summed E-state index contributed by atoms with van der Waals surface area (Å²) >= 11 is 0. The predicted octanol–water partition coefficient (Wildman–Crippen LogP) is 4.08. The van der Waals surface area contributed by atoms with E-state index in [0.29, 0.717) is 19.6 Å². The summed E-state index contributed by atoms with van der Waals surface area (Å²) in [5.74, 6) is -0.176. The van der Waals surface area contributed by atoms with Crippen molar-refractivity contribution in [3.05, 3.63) is 84.2 Å². The zero-order chi connectivity index (χ0) is 18.4. The number of nitrogens with one attached hydrogen (secondary N) is 1. The minimum atomic E-state index is -0.228. The number of nitrogens with zero attached hydrogens (tertiary/aromatic N) is 1. The molecule has 4 heteroatoms. The molecule has 3 rings (SSSR count). The van der Waals surface area contributed by atoms with Crippen LogP contribution in [0.25, 0.3) is 0 Å². The van der Waals surface area contributed by atoms with Gasteiger partial charge >= 0.3 is 0 Å². The van der Waals surface area contributed by atoms with E-state index in [1.807, 2.05) is 30.3 Å². The van der Waals surface area contributed by atoms with E-state index in [1.165, 1.54) is 17.7 Å². The van der Waals surface area contributed by atoms with Crippen LogP contribution in [-0.2, 0) is 11.3 Å². The highest BCUT2D eigenvalue weighted by Gasteiger charge is 2.32. The highest BCUT2D eigenvalue weighted by atomic mass is 19.1. The number of halogens is 1. The SMILES string of the molecule is C=CCNC(=O)[C@H]1CC[C@H](c2ccccc2)N(Cc2ccc(F)cc2)C1. The highest BCUT2D eigenvalue weighted by Crippen LogP contribution is 2.34. The third-order valence-corrected chi connectivity index (χ3v) is 4.96. The van der Waals surface area contributed by atoms with Crippen LogP contribution in [0, 0.1) is 11.7 Å². The lowest BCUT2D eigenvalue weighted by Crippen LogP contribution is -2.44. The van der Waals surface area contributed by atoms with Crippen molar-refractivity contribution in [1.82, 2.24) is 10.2 Å². The molecule has 0 spiro atoms. The van der Waals surface area contributed by atoms with Crippen molar-refractivity contribution >= 4 is 5.91 Å². The van der Waals surface area contributed by atoms with E-state index in [9.17, 15) is 9.18 Å². The summed E-state index contributed by atoms with van der Waals surface area (Å²) in [7, 11) is 0. The minimum absolute atomic E-state index is 0.0321. The van der Waals surface area contributed by atoms with E-state index in [4.69, 9.17) is 0 Å². The summed E-state index contributed by atoms with van der Waals surface area (Å²) in [6.07, 6.45) is 3.49. The van der Waals surface area contributed by atoms with Gasteiger partial charge in [-0.1, -0.05) is 48.5 Å². The molecule has 1 amide bonds. The van der Waals surface area contributed by atoms with Crippen LogP contribution in [0.15, 0.2) is 67.3 Å². The van der Waals surface area contributed by atoms with Crippen molar-refractivity contribution in [3.8, 4) is 0 Å². The fourth-order valence-corrected chi connectivity index (χ4v) is 3.63. The largest absolute Gasteiger partial charge is 0.352 e. The van der Waals surface area contributed by atoms with E-state index in [0.717, 1.165) is 18.4 Å². The predicted molar refractivity (Wildman–Crippen MR) is 102 cm³/mol. The monoisotopic (exact) mass is 352 g/mol. The molecule has 3 nitrogen and oxygen atoms in total. The molecule has 0 saturated carbocycles. The van der Waals surface area contributed by atoms with Crippen LogP contribution < -0.4 is 5.32 Å². The zero-order valence-corrected chi connectivity index (χ0v) is 14.9.